The average molecular weight is 243 g/mol. The molecule has 0 bridgehead atoms. The fourth-order valence-corrected chi connectivity index (χ4v) is 1.68. The van der Waals surface area contributed by atoms with Gasteiger partial charge in [0.15, 0.2) is 0 Å². The Bertz CT molecular complexity index is 526. The van der Waals surface area contributed by atoms with E-state index in [9.17, 15) is 0 Å². The van der Waals surface area contributed by atoms with Gasteiger partial charge in [-0.3, -0.25) is 10.8 Å². The molecule has 1 aromatic heterocycles. The van der Waals surface area contributed by atoms with Gasteiger partial charge in [-0.15, -0.1) is 0 Å². The van der Waals surface area contributed by atoms with Crippen LogP contribution in [0.4, 0.5) is 5.69 Å². The molecule has 2 rings (SSSR count). The molecular formula is C14H17N3O. The highest BCUT2D eigenvalue weighted by Gasteiger charge is 2.03. The SMILES string of the molecule is CC(C)Oc1cccc(-c2cc(NN)ccn2)c1. The molecule has 3 N–H and O–H groups in total. The van der Waals surface area contributed by atoms with Crippen LogP contribution in [0.3, 0.4) is 0 Å². The van der Waals surface area contributed by atoms with E-state index in [0.717, 1.165) is 22.7 Å². The van der Waals surface area contributed by atoms with Crippen molar-refractivity contribution in [2.45, 2.75) is 20.0 Å². The lowest BCUT2D eigenvalue weighted by atomic mass is 10.1. The lowest BCUT2D eigenvalue weighted by Crippen LogP contribution is -2.07. The van der Waals surface area contributed by atoms with Crippen LogP contribution in [0.25, 0.3) is 11.3 Å². The van der Waals surface area contributed by atoms with Crippen LogP contribution in [-0.2, 0) is 0 Å². The van der Waals surface area contributed by atoms with Gasteiger partial charge in [0, 0.05) is 11.8 Å². The third-order valence-corrected chi connectivity index (χ3v) is 2.43. The Morgan fingerprint density at radius 3 is 2.78 bits per heavy atom. The fourth-order valence-electron chi connectivity index (χ4n) is 1.68. The molecule has 1 aromatic carbocycles. The van der Waals surface area contributed by atoms with Crippen LogP contribution >= 0.6 is 0 Å². The standard InChI is InChI=1S/C14H17N3O/c1-10(2)18-13-5-3-4-11(8-13)14-9-12(17-15)6-7-16-14/h3-10H,15H2,1-2H3,(H,16,17). The normalized spacial score (nSPS) is 10.4. The van der Waals surface area contributed by atoms with Gasteiger partial charge in [-0.25, -0.2) is 0 Å². The number of pyridine rings is 1. The van der Waals surface area contributed by atoms with Crippen molar-refractivity contribution in [2.24, 2.45) is 5.84 Å². The Kier molecular flexibility index (Phi) is 3.79. The zero-order valence-electron chi connectivity index (χ0n) is 10.6. The van der Waals surface area contributed by atoms with Crippen molar-refractivity contribution in [3.05, 3.63) is 42.6 Å². The molecule has 0 unspecified atom stereocenters. The zero-order valence-corrected chi connectivity index (χ0v) is 10.6. The van der Waals surface area contributed by atoms with Crippen LogP contribution < -0.4 is 16.0 Å². The molecule has 0 saturated carbocycles. The Hall–Kier alpha value is -2.07. The van der Waals surface area contributed by atoms with Crippen molar-refractivity contribution >= 4 is 5.69 Å². The van der Waals surface area contributed by atoms with E-state index < -0.39 is 0 Å². The largest absolute Gasteiger partial charge is 0.491 e. The Morgan fingerprint density at radius 1 is 1.22 bits per heavy atom. The first-order valence-corrected chi connectivity index (χ1v) is 5.89. The topological polar surface area (TPSA) is 60.2 Å². The highest BCUT2D eigenvalue weighted by Crippen LogP contribution is 2.24. The van der Waals surface area contributed by atoms with Gasteiger partial charge >= 0.3 is 0 Å². The van der Waals surface area contributed by atoms with E-state index in [2.05, 4.69) is 10.4 Å². The molecule has 0 atom stereocenters. The summed E-state index contributed by atoms with van der Waals surface area (Å²) in [6.07, 6.45) is 1.88. The van der Waals surface area contributed by atoms with Gasteiger partial charge in [0.1, 0.15) is 5.75 Å². The number of hydrogen-bond acceptors (Lipinski definition) is 4. The molecule has 18 heavy (non-hydrogen) atoms. The third kappa shape index (κ3) is 2.99. The number of aromatic nitrogens is 1. The second-order valence-electron chi connectivity index (χ2n) is 4.27. The van der Waals surface area contributed by atoms with Crippen molar-refractivity contribution in [1.82, 2.24) is 4.98 Å². The first-order valence-electron chi connectivity index (χ1n) is 5.89. The molecule has 0 saturated heterocycles. The average Bonchev–Trinajstić information content (AvgIpc) is 2.38. The van der Waals surface area contributed by atoms with Crippen LogP contribution in [0.2, 0.25) is 0 Å². The van der Waals surface area contributed by atoms with Gasteiger partial charge in [-0.1, -0.05) is 12.1 Å². The molecule has 4 heteroatoms. The summed E-state index contributed by atoms with van der Waals surface area (Å²) >= 11 is 0. The Labute approximate surface area is 107 Å². The fraction of sp³-hybridized carbons (Fsp3) is 0.214. The maximum Gasteiger partial charge on any atom is 0.120 e. The summed E-state index contributed by atoms with van der Waals surface area (Å²) in [7, 11) is 0. The smallest absolute Gasteiger partial charge is 0.120 e. The number of rotatable bonds is 4. The van der Waals surface area contributed by atoms with Gasteiger partial charge in [0.25, 0.3) is 0 Å². The molecule has 4 nitrogen and oxygen atoms in total. The van der Waals surface area contributed by atoms with Crippen LogP contribution in [0.15, 0.2) is 42.6 Å². The molecule has 0 aliphatic rings. The molecular weight excluding hydrogens is 226 g/mol. The van der Waals surface area contributed by atoms with E-state index in [0.29, 0.717) is 0 Å². The summed E-state index contributed by atoms with van der Waals surface area (Å²) in [6, 6.07) is 11.6. The first-order chi connectivity index (χ1) is 8.69. The second kappa shape index (κ2) is 5.51. The van der Waals surface area contributed by atoms with E-state index in [1.54, 1.807) is 6.20 Å². The number of hydrazine groups is 1. The number of benzene rings is 1. The summed E-state index contributed by atoms with van der Waals surface area (Å²) < 4.78 is 5.66. The van der Waals surface area contributed by atoms with Gasteiger partial charge in [0.05, 0.1) is 17.5 Å². The van der Waals surface area contributed by atoms with E-state index >= 15 is 0 Å². The maximum absolute atomic E-state index is 5.66. The summed E-state index contributed by atoms with van der Waals surface area (Å²) in [5.41, 5.74) is 5.31. The number of hydrogen-bond donors (Lipinski definition) is 2. The molecule has 94 valence electrons. The van der Waals surface area contributed by atoms with E-state index in [-0.39, 0.29) is 6.10 Å². The zero-order chi connectivity index (χ0) is 13.0. The molecule has 0 aliphatic carbocycles. The molecule has 2 aromatic rings. The van der Waals surface area contributed by atoms with Crippen molar-refractivity contribution in [3.8, 4) is 17.0 Å². The number of anilines is 1. The minimum Gasteiger partial charge on any atom is -0.491 e. The van der Waals surface area contributed by atoms with Crippen LogP contribution in [0, 0.1) is 0 Å². The predicted octanol–water partition coefficient (Wildman–Crippen LogP) is 2.82. The van der Waals surface area contributed by atoms with Crippen molar-refractivity contribution in [1.29, 1.82) is 0 Å². The maximum atomic E-state index is 5.66. The van der Waals surface area contributed by atoms with E-state index in [4.69, 9.17) is 10.6 Å². The number of nitrogen functional groups attached to an aromatic ring is 1. The highest BCUT2D eigenvalue weighted by molar-refractivity contribution is 5.65. The summed E-state index contributed by atoms with van der Waals surface area (Å²) in [6.45, 7) is 4.01. The van der Waals surface area contributed by atoms with Crippen LogP contribution in [-0.4, -0.2) is 11.1 Å². The van der Waals surface area contributed by atoms with Crippen molar-refractivity contribution in [2.75, 3.05) is 5.43 Å². The number of nitrogens with zero attached hydrogens (tertiary/aromatic N) is 1. The number of nitrogens with one attached hydrogen (secondary N) is 1. The number of nitrogens with two attached hydrogens (primary N) is 1. The second-order valence-corrected chi connectivity index (χ2v) is 4.27. The lowest BCUT2D eigenvalue weighted by Gasteiger charge is -2.11. The lowest BCUT2D eigenvalue weighted by molar-refractivity contribution is 0.242. The molecule has 0 radical (unpaired) electrons. The Morgan fingerprint density at radius 2 is 2.06 bits per heavy atom. The molecule has 0 spiro atoms. The predicted molar refractivity (Wildman–Crippen MR) is 73.2 cm³/mol. The van der Waals surface area contributed by atoms with Gasteiger partial charge in [-0.2, -0.15) is 0 Å². The Balaban J connectivity index is 2.32. The molecule has 0 amide bonds. The van der Waals surface area contributed by atoms with Gasteiger partial charge in [-0.05, 0) is 38.1 Å². The third-order valence-electron chi connectivity index (χ3n) is 2.43. The number of ether oxygens (including phenoxy) is 1. The highest BCUT2D eigenvalue weighted by atomic mass is 16.5. The van der Waals surface area contributed by atoms with Crippen molar-refractivity contribution in [3.63, 3.8) is 0 Å². The quantitative estimate of drug-likeness (QED) is 0.640. The molecule has 1 heterocycles. The minimum atomic E-state index is 0.158. The van der Waals surface area contributed by atoms with Crippen molar-refractivity contribution < 1.29 is 4.74 Å². The van der Waals surface area contributed by atoms with Crippen LogP contribution in [0.1, 0.15) is 13.8 Å². The molecule has 0 fully saturated rings. The minimum absolute atomic E-state index is 0.158. The van der Waals surface area contributed by atoms with Crippen LogP contribution in [0.5, 0.6) is 5.75 Å². The summed E-state index contributed by atoms with van der Waals surface area (Å²) in [4.78, 5) is 4.33. The monoisotopic (exact) mass is 243 g/mol. The van der Waals surface area contributed by atoms with E-state index in [1.165, 1.54) is 0 Å². The van der Waals surface area contributed by atoms with Gasteiger partial charge < -0.3 is 10.2 Å². The van der Waals surface area contributed by atoms with E-state index in [1.807, 2.05) is 50.2 Å². The van der Waals surface area contributed by atoms with Gasteiger partial charge in [0.2, 0.25) is 0 Å². The molecule has 0 aliphatic heterocycles. The summed E-state index contributed by atoms with van der Waals surface area (Å²) in [5.74, 6) is 6.23. The summed E-state index contributed by atoms with van der Waals surface area (Å²) in [5, 5.41) is 0. The first kappa shape index (κ1) is 12.4.